The van der Waals surface area contributed by atoms with E-state index in [1.54, 1.807) is 0 Å². The second kappa shape index (κ2) is 4.75. The van der Waals surface area contributed by atoms with E-state index < -0.39 is 6.10 Å². The number of aliphatic hydroxyl groups is 1. The molecule has 3 heterocycles. The molecule has 96 valence electrons. The summed E-state index contributed by atoms with van der Waals surface area (Å²) in [7, 11) is 0. The fraction of sp³-hybridized carbons (Fsp3) is 0.467. The second-order valence-electron chi connectivity index (χ2n) is 5.22. The van der Waals surface area contributed by atoms with Gasteiger partial charge in [0.25, 0.3) is 0 Å². The average molecular weight is 244 g/mol. The fourth-order valence-electron chi connectivity index (χ4n) is 2.94. The zero-order chi connectivity index (χ0) is 12.5. The number of nitrogens with one attached hydrogen (secondary N) is 1. The number of aliphatic hydroxyl groups excluding tert-OH is 1. The lowest BCUT2D eigenvalue weighted by Gasteiger charge is -2.13. The van der Waals surface area contributed by atoms with Crippen molar-refractivity contribution in [3.8, 4) is 0 Å². The van der Waals surface area contributed by atoms with Crippen LogP contribution in [0.4, 0.5) is 0 Å². The zero-order valence-corrected chi connectivity index (χ0v) is 10.8. The minimum Gasteiger partial charge on any atom is -0.389 e. The van der Waals surface area contributed by atoms with Crippen molar-refractivity contribution in [3.63, 3.8) is 0 Å². The third kappa shape index (κ3) is 2.04. The quantitative estimate of drug-likeness (QED) is 0.869. The number of aromatic nitrogens is 1. The standard InChI is InChI=1S/C15H20N2O/c1-11(18)14-10-13-6-2-3-8-17(13)15(14)9-12-5-4-7-16-12/h2-3,6,8,10-12,16,18H,4-5,7,9H2,1H3/t11?,12-/m0/s1. The fourth-order valence-corrected chi connectivity index (χ4v) is 2.94. The van der Waals surface area contributed by atoms with Crippen LogP contribution in [0.25, 0.3) is 5.52 Å². The van der Waals surface area contributed by atoms with E-state index in [9.17, 15) is 5.11 Å². The molecule has 1 unspecified atom stereocenters. The summed E-state index contributed by atoms with van der Waals surface area (Å²) in [5.41, 5.74) is 3.48. The summed E-state index contributed by atoms with van der Waals surface area (Å²) in [5, 5.41) is 13.5. The van der Waals surface area contributed by atoms with Crippen molar-refractivity contribution in [1.82, 2.24) is 9.72 Å². The lowest BCUT2D eigenvalue weighted by Crippen LogP contribution is -2.25. The van der Waals surface area contributed by atoms with Crippen molar-refractivity contribution in [2.24, 2.45) is 0 Å². The molecule has 0 bridgehead atoms. The van der Waals surface area contributed by atoms with Crippen LogP contribution in [-0.4, -0.2) is 22.1 Å². The molecule has 3 nitrogen and oxygen atoms in total. The molecule has 2 aromatic rings. The van der Waals surface area contributed by atoms with E-state index in [1.807, 2.05) is 19.1 Å². The first-order valence-corrected chi connectivity index (χ1v) is 6.76. The van der Waals surface area contributed by atoms with Crippen LogP contribution in [0.1, 0.15) is 37.1 Å². The van der Waals surface area contributed by atoms with Crippen LogP contribution < -0.4 is 5.32 Å². The highest BCUT2D eigenvalue weighted by Gasteiger charge is 2.20. The maximum atomic E-state index is 9.95. The van der Waals surface area contributed by atoms with Gasteiger partial charge in [0.05, 0.1) is 6.10 Å². The molecule has 1 saturated heterocycles. The predicted molar refractivity (Wildman–Crippen MR) is 72.8 cm³/mol. The number of hydrogen-bond acceptors (Lipinski definition) is 2. The highest BCUT2D eigenvalue weighted by molar-refractivity contribution is 5.54. The van der Waals surface area contributed by atoms with Gasteiger partial charge in [0.1, 0.15) is 0 Å². The number of hydrogen-bond donors (Lipinski definition) is 2. The Labute approximate surface area is 107 Å². The third-order valence-electron chi connectivity index (χ3n) is 3.87. The van der Waals surface area contributed by atoms with Crippen LogP contribution in [0.15, 0.2) is 30.5 Å². The predicted octanol–water partition coefficient (Wildman–Crippen LogP) is 2.29. The molecule has 2 aromatic heterocycles. The number of rotatable bonds is 3. The van der Waals surface area contributed by atoms with Crippen LogP contribution in [0, 0.1) is 0 Å². The summed E-state index contributed by atoms with van der Waals surface area (Å²) in [6, 6.07) is 8.84. The van der Waals surface area contributed by atoms with E-state index in [1.165, 1.54) is 24.1 Å². The maximum absolute atomic E-state index is 9.95. The Morgan fingerprint density at radius 2 is 2.39 bits per heavy atom. The third-order valence-corrected chi connectivity index (χ3v) is 3.87. The van der Waals surface area contributed by atoms with Gasteiger partial charge in [-0.1, -0.05) is 6.07 Å². The Morgan fingerprint density at radius 3 is 3.11 bits per heavy atom. The summed E-state index contributed by atoms with van der Waals surface area (Å²) >= 11 is 0. The van der Waals surface area contributed by atoms with E-state index in [4.69, 9.17) is 0 Å². The Balaban J connectivity index is 2.03. The molecule has 2 N–H and O–H groups in total. The highest BCUT2D eigenvalue weighted by atomic mass is 16.3. The largest absolute Gasteiger partial charge is 0.389 e. The number of pyridine rings is 1. The van der Waals surface area contributed by atoms with Crippen molar-refractivity contribution in [2.45, 2.75) is 38.3 Å². The van der Waals surface area contributed by atoms with Crippen LogP contribution in [0.2, 0.25) is 0 Å². The van der Waals surface area contributed by atoms with E-state index in [-0.39, 0.29) is 0 Å². The lowest BCUT2D eigenvalue weighted by molar-refractivity contribution is 0.198. The molecule has 0 aromatic carbocycles. The molecule has 18 heavy (non-hydrogen) atoms. The Kier molecular flexibility index (Phi) is 3.10. The van der Waals surface area contributed by atoms with Gasteiger partial charge in [-0.25, -0.2) is 0 Å². The first-order valence-electron chi connectivity index (χ1n) is 6.76. The smallest absolute Gasteiger partial charge is 0.0779 e. The summed E-state index contributed by atoms with van der Waals surface area (Å²) in [6.07, 6.45) is 5.18. The van der Waals surface area contributed by atoms with E-state index in [0.717, 1.165) is 18.5 Å². The molecule has 1 fully saturated rings. The van der Waals surface area contributed by atoms with Gasteiger partial charge in [-0.2, -0.15) is 0 Å². The molecule has 3 rings (SSSR count). The van der Waals surface area contributed by atoms with E-state index in [0.29, 0.717) is 6.04 Å². The summed E-state index contributed by atoms with van der Waals surface area (Å²) in [6.45, 7) is 2.97. The molecular formula is C15H20N2O. The van der Waals surface area contributed by atoms with E-state index >= 15 is 0 Å². The van der Waals surface area contributed by atoms with Gasteiger partial charge in [0.15, 0.2) is 0 Å². The molecule has 0 spiro atoms. The maximum Gasteiger partial charge on any atom is 0.0779 e. The molecule has 3 heteroatoms. The minimum absolute atomic E-state index is 0.402. The Morgan fingerprint density at radius 1 is 1.50 bits per heavy atom. The van der Waals surface area contributed by atoms with Crippen molar-refractivity contribution >= 4 is 5.52 Å². The van der Waals surface area contributed by atoms with Crippen LogP contribution in [0.3, 0.4) is 0 Å². The Bertz CT molecular complexity index is 538. The molecule has 0 amide bonds. The van der Waals surface area contributed by atoms with Gasteiger partial charge in [-0.15, -0.1) is 0 Å². The lowest BCUT2D eigenvalue weighted by atomic mass is 10.0. The Hall–Kier alpha value is -1.32. The number of nitrogens with zero attached hydrogens (tertiary/aromatic N) is 1. The molecule has 1 aliphatic heterocycles. The summed E-state index contributed by atoms with van der Waals surface area (Å²) in [5.74, 6) is 0. The molecule has 0 saturated carbocycles. The second-order valence-corrected chi connectivity index (χ2v) is 5.22. The zero-order valence-electron chi connectivity index (χ0n) is 10.8. The molecule has 1 aliphatic rings. The van der Waals surface area contributed by atoms with Gasteiger partial charge < -0.3 is 14.8 Å². The highest BCUT2D eigenvalue weighted by Crippen LogP contribution is 2.25. The monoisotopic (exact) mass is 244 g/mol. The minimum atomic E-state index is -0.402. The van der Waals surface area contributed by atoms with Crippen LogP contribution in [-0.2, 0) is 6.42 Å². The van der Waals surface area contributed by atoms with E-state index in [2.05, 4.69) is 28.0 Å². The molecule has 2 atom stereocenters. The molecular weight excluding hydrogens is 224 g/mol. The van der Waals surface area contributed by atoms with Gasteiger partial charge >= 0.3 is 0 Å². The van der Waals surface area contributed by atoms with Gasteiger partial charge in [-0.3, -0.25) is 0 Å². The summed E-state index contributed by atoms with van der Waals surface area (Å²) in [4.78, 5) is 0. The first kappa shape index (κ1) is 11.8. The van der Waals surface area contributed by atoms with Crippen LogP contribution in [0.5, 0.6) is 0 Å². The normalized spacial score (nSPS) is 21.6. The van der Waals surface area contributed by atoms with Crippen molar-refractivity contribution in [3.05, 3.63) is 41.7 Å². The van der Waals surface area contributed by atoms with Gasteiger partial charge in [0, 0.05) is 35.4 Å². The first-order chi connectivity index (χ1) is 8.75. The summed E-state index contributed by atoms with van der Waals surface area (Å²) < 4.78 is 2.21. The molecule has 0 aliphatic carbocycles. The van der Waals surface area contributed by atoms with Crippen molar-refractivity contribution in [2.75, 3.05) is 6.54 Å². The number of fused-ring (bicyclic) bond motifs is 1. The van der Waals surface area contributed by atoms with Crippen LogP contribution >= 0.6 is 0 Å². The van der Waals surface area contributed by atoms with Gasteiger partial charge in [-0.05, 0) is 44.5 Å². The topological polar surface area (TPSA) is 36.7 Å². The van der Waals surface area contributed by atoms with Crippen molar-refractivity contribution in [1.29, 1.82) is 0 Å². The van der Waals surface area contributed by atoms with Crippen molar-refractivity contribution < 1.29 is 5.11 Å². The van der Waals surface area contributed by atoms with Gasteiger partial charge in [0.2, 0.25) is 0 Å². The average Bonchev–Trinajstić information content (AvgIpc) is 2.98. The molecule has 0 radical (unpaired) electrons. The SMILES string of the molecule is CC(O)c1cc2ccccn2c1C[C@@H]1CCCN1.